The van der Waals surface area contributed by atoms with Crippen LogP contribution in [0.3, 0.4) is 0 Å². The minimum Gasteiger partial charge on any atom is -0.342 e. The van der Waals surface area contributed by atoms with Gasteiger partial charge in [-0.05, 0) is 11.8 Å². The predicted molar refractivity (Wildman–Crippen MR) is 69.4 cm³/mol. The first-order valence-corrected chi connectivity index (χ1v) is 6.40. The number of amides is 1. The summed E-state index contributed by atoms with van der Waals surface area (Å²) in [4.78, 5) is 25.1. The summed E-state index contributed by atoms with van der Waals surface area (Å²) >= 11 is 0. The van der Waals surface area contributed by atoms with Gasteiger partial charge in [-0.3, -0.25) is 14.7 Å². The fraction of sp³-hybridized carbons (Fsp3) is 0.692. The number of carbonyl (C=O) groups is 1. The molecule has 0 spiro atoms. The number of carbonyl (C=O) groups excluding carboxylic acids is 1. The van der Waals surface area contributed by atoms with Crippen LogP contribution in [0.25, 0.3) is 0 Å². The first-order chi connectivity index (χ1) is 8.35. The molecule has 1 fully saturated rings. The van der Waals surface area contributed by atoms with Crippen LogP contribution in [0, 0.1) is 5.41 Å². The molecule has 1 saturated heterocycles. The van der Waals surface area contributed by atoms with Gasteiger partial charge in [0.1, 0.15) is 0 Å². The number of likely N-dealkylation sites (tertiary alicyclic amines) is 1. The molecule has 0 radical (unpaired) electrons. The zero-order chi connectivity index (χ0) is 13.3. The fourth-order valence-corrected chi connectivity index (χ4v) is 2.37. The number of H-pyrrole nitrogens is 2. The van der Waals surface area contributed by atoms with E-state index in [-0.39, 0.29) is 22.8 Å². The monoisotopic (exact) mass is 251 g/mol. The van der Waals surface area contributed by atoms with Crippen LogP contribution in [-0.2, 0) is 4.79 Å². The second-order valence-corrected chi connectivity index (χ2v) is 6.28. The highest BCUT2D eigenvalue weighted by Crippen LogP contribution is 2.27. The molecule has 1 unspecified atom stereocenters. The van der Waals surface area contributed by atoms with Gasteiger partial charge in [-0.25, -0.2) is 0 Å². The highest BCUT2D eigenvalue weighted by atomic mass is 16.2. The maximum atomic E-state index is 12.1. The van der Waals surface area contributed by atoms with Gasteiger partial charge in [0.25, 0.3) is 5.56 Å². The molecule has 100 valence electrons. The Morgan fingerprint density at radius 1 is 1.44 bits per heavy atom. The average Bonchev–Trinajstić information content (AvgIpc) is 2.82. The Labute approximate surface area is 107 Å². The van der Waals surface area contributed by atoms with Gasteiger partial charge in [0, 0.05) is 37.2 Å². The van der Waals surface area contributed by atoms with Gasteiger partial charge in [0.15, 0.2) is 0 Å². The lowest BCUT2D eigenvalue weighted by atomic mass is 9.91. The summed E-state index contributed by atoms with van der Waals surface area (Å²) in [6.07, 6.45) is 1.49. The molecule has 2 rings (SSSR count). The van der Waals surface area contributed by atoms with E-state index in [1.165, 1.54) is 0 Å². The molecule has 1 amide bonds. The lowest BCUT2D eigenvalue weighted by Gasteiger charge is -2.22. The summed E-state index contributed by atoms with van der Waals surface area (Å²) in [7, 11) is 0. The Balaban J connectivity index is 1.96. The number of nitrogens with zero attached hydrogens (tertiary/aromatic N) is 1. The Kier molecular flexibility index (Phi) is 3.32. The van der Waals surface area contributed by atoms with Crippen molar-refractivity contribution < 1.29 is 4.79 Å². The van der Waals surface area contributed by atoms with Crippen LogP contribution in [-0.4, -0.2) is 34.1 Å². The predicted octanol–water partition coefficient (Wildman–Crippen LogP) is 1.46. The molecule has 0 aromatic carbocycles. The van der Waals surface area contributed by atoms with Crippen LogP contribution in [0.1, 0.15) is 45.2 Å². The van der Waals surface area contributed by atoms with Crippen LogP contribution in [0.5, 0.6) is 0 Å². The minimum absolute atomic E-state index is 0.0254. The highest BCUT2D eigenvalue weighted by molar-refractivity contribution is 5.77. The van der Waals surface area contributed by atoms with Crippen LogP contribution in [0.2, 0.25) is 0 Å². The van der Waals surface area contributed by atoms with Crippen molar-refractivity contribution in [1.82, 2.24) is 15.1 Å². The lowest BCUT2D eigenvalue weighted by molar-refractivity contribution is -0.132. The van der Waals surface area contributed by atoms with Crippen LogP contribution in [0.15, 0.2) is 10.9 Å². The van der Waals surface area contributed by atoms with Crippen molar-refractivity contribution in [3.05, 3.63) is 22.1 Å². The van der Waals surface area contributed by atoms with Gasteiger partial charge in [-0.15, -0.1) is 0 Å². The maximum absolute atomic E-state index is 12.1. The molecular weight excluding hydrogens is 230 g/mol. The van der Waals surface area contributed by atoms with Crippen molar-refractivity contribution in [2.24, 2.45) is 5.41 Å². The lowest BCUT2D eigenvalue weighted by Crippen LogP contribution is -2.31. The van der Waals surface area contributed by atoms with Crippen molar-refractivity contribution in [2.45, 2.75) is 39.5 Å². The van der Waals surface area contributed by atoms with Gasteiger partial charge >= 0.3 is 0 Å². The van der Waals surface area contributed by atoms with Crippen molar-refractivity contribution in [1.29, 1.82) is 0 Å². The Morgan fingerprint density at radius 2 is 2.17 bits per heavy atom. The van der Waals surface area contributed by atoms with Gasteiger partial charge in [-0.2, -0.15) is 0 Å². The third kappa shape index (κ3) is 3.03. The molecule has 2 N–H and O–H groups in total. The number of aromatic nitrogens is 2. The minimum atomic E-state index is -0.107. The summed E-state index contributed by atoms with van der Waals surface area (Å²) in [6.45, 7) is 7.71. The zero-order valence-electron chi connectivity index (χ0n) is 11.2. The van der Waals surface area contributed by atoms with Crippen molar-refractivity contribution in [3.8, 4) is 0 Å². The molecule has 0 bridgehead atoms. The molecule has 0 saturated carbocycles. The normalized spacial score (nSPS) is 20.4. The quantitative estimate of drug-likeness (QED) is 0.835. The molecular formula is C13H21N3O2. The van der Waals surface area contributed by atoms with Crippen molar-refractivity contribution in [3.63, 3.8) is 0 Å². The topological polar surface area (TPSA) is 69.0 Å². The third-order valence-electron chi connectivity index (χ3n) is 3.28. The molecule has 1 atom stereocenters. The largest absolute Gasteiger partial charge is 0.342 e. The summed E-state index contributed by atoms with van der Waals surface area (Å²) in [6, 6.07) is 1.59. The van der Waals surface area contributed by atoms with Gasteiger partial charge in [0.05, 0.1) is 0 Å². The number of hydrogen-bond acceptors (Lipinski definition) is 2. The van der Waals surface area contributed by atoms with E-state index in [4.69, 9.17) is 0 Å². The van der Waals surface area contributed by atoms with Crippen molar-refractivity contribution in [2.75, 3.05) is 13.1 Å². The maximum Gasteiger partial charge on any atom is 0.264 e. The Bertz CT molecular complexity index is 481. The number of nitrogens with one attached hydrogen (secondary N) is 2. The molecule has 1 aliphatic heterocycles. The van der Waals surface area contributed by atoms with E-state index in [0.29, 0.717) is 13.0 Å². The second-order valence-electron chi connectivity index (χ2n) is 6.28. The summed E-state index contributed by atoms with van der Waals surface area (Å²) < 4.78 is 0. The van der Waals surface area contributed by atoms with Crippen LogP contribution < -0.4 is 5.56 Å². The van der Waals surface area contributed by atoms with Gasteiger partial charge in [-0.1, -0.05) is 20.8 Å². The molecule has 1 aromatic heterocycles. The number of rotatable bonds is 2. The standard InChI is InChI=1S/C13H21N3O2/c1-13(2,3)7-12(18)16-5-4-9(8-16)10-6-11(17)15-14-10/h6,9H,4-5,7-8H2,1-3H3,(H2,14,15,17). The SMILES string of the molecule is CC(C)(C)CC(=O)N1CCC(c2cc(=O)[nH][nH]2)C1. The van der Waals surface area contributed by atoms with E-state index in [1.54, 1.807) is 6.07 Å². The number of aromatic amines is 2. The molecule has 5 heteroatoms. The van der Waals surface area contributed by atoms with E-state index in [9.17, 15) is 9.59 Å². The molecule has 1 aromatic rings. The van der Waals surface area contributed by atoms with Gasteiger partial charge in [0.2, 0.25) is 5.91 Å². The Hall–Kier alpha value is -1.52. The van der Waals surface area contributed by atoms with E-state index < -0.39 is 0 Å². The average molecular weight is 251 g/mol. The van der Waals surface area contributed by atoms with E-state index in [0.717, 1.165) is 18.7 Å². The molecule has 5 nitrogen and oxygen atoms in total. The first kappa shape index (κ1) is 12.9. The first-order valence-electron chi connectivity index (χ1n) is 6.40. The van der Waals surface area contributed by atoms with E-state index in [2.05, 4.69) is 31.0 Å². The zero-order valence-corrected chi connectivity index (χ0v) is 11.2. The van der Waals surface area contributed by atoms with E-state index >= 15 is 0 Å². The van der Waals surface area contributed by atoms with Crippen molar-refractivity contribution >= 4 is 5.91 Å². The van der Waals surface area contributed by atoms with Crippen LogP contribution in [0.4, 0.5) is 0 Å². The third-order valence-corrected chi connectivity index (χ3v) is 3.28. The molecule has 2 heterocycles. The molecule has 1 aliphatic rings. The highest BCUT2D eigenvalue weighted by Gasteiger charge is 2.30. The smallest absolute Gasteiger partial charge is 0.264 e. The van der Waals surface area contributed by atoms with Gasteiger partial charge < -0.3 is 10.00 Å². The van der Waals surface area contributed by atoms with E-state index in [1.807, 2.05) is 4.90 Å². The summed E-state index contributed by atoms with van der Waals surface area (Å²) in [5.74, 6) is 0.468. The molecule has 0 aliphatic carbocycles. The molecule has 18 heavy (non-hydrogen) atoms. The summed E-state index contributed by atoms with van der Waals surface area (Å²) in [5.41, 5.74) is 0.827. The Morgan fingerprint density at radius 3 is 2.72 bits per heavy atom. The second kappa shape index (κ2) is 4.63. The summed E-state index contributed by atoms with van der Waals surface area (Å²) in [5, 5.41) is 5.42. The number of hydrogen-bond donors (Lipinski definition) is 2. The van der Waals surface area contributed by atoms with Crippen LogP contribution >= 0.6 is 0 Å². The fourth-order valence-electron chi connectivity index (χ4n) is 2.37.